The van der Waals surface area contributed by atoms with Crippen molar-refractivity contribution in [1.29, 1.82) is 0 Å². The Morgan fingerprint density at radius 2 is 1.82 bits per heavy atom. The smallest absolute Gasteiger partial charge is 0.266 e. The first-order chi connectivity index (χ1) is 10.6. The average Bonchev–Trinajstić information content (AvgIpc) is 2.55. The summed E-state index contributed by atoms with van der Waals surface area (Å²) in [7, 11) is 1.60. The second-order valence-corrected chi connectivity index (χ2v) is 5.11. The first kappa shape index (κ1) is 14.3. The van der Waals surface area contributed by atoms with E-state index in [1.165, 1.54) is 0 Å². The van der Waals surface area contributed by atoms with E-state index in [0.717, 1.165) is 11.4 Å². The molecule has 0 bridgehead atoms. The van der Waals surface area contributed by atoms with Crippen molar-refractivity contribution in [2.75, 3.05) is 7.11 Å². The van der Waals surface area contributed by atoms with Crippen molar-refractivity contribution in [3.8, 4) is 11.4 Å². The lowest BCUT2D eigenvalue weighted by atomic mass is 10.2. The SMILES string of the molecule is COc1ccc(-n2c(C(C)N)nc3ccccc3c2=O)cc1. The van der Waals surface area contributed by atoms with E-state index in [2.05, 4.69) is 4.98 Å². The number of hydrogen-bond acceptors (Lipinski definition) is 4. The van der Waals surface area contributed by atoms with Gasteiger partial charge in [0, 0.05) is 0 Å². The predicted molar refractivity (Wildman–Crippen MR) is 86.5 cm³/mol. The molecule has 0 fully saturated rings. The van der Waals surface area contributed by atoms with Crippen LogP contribution in [0, 0.1) is 0 Å². The number of methoxy groups -OCH3 is 1. The van der Waals surface area contributed by atoms with Crippen LogP contribution in [-0.4, -0.2) is 16.7 Å². The molecule has 1 unspecified atom stereocenters. The van der Waals surface area contributed by atoms with Gasteiger partial charge in [0.1, 0.15) is 11.6 Å². The molecule has 5 nitrogen and oxygen atoms in total. The van der Waals surface area contributed by atoms with Crippen LogP contribution in [0.15, 0.2) is 53.3 Å². The predicted octanol–water partition coefficient (Wildman–Crippen LogP) is 2.41. The third-order valence-corrected chi connectivity index (χ3v) is 3.54. The zero-order valence-corrected chi connectivity index (χ0v) is 12.5. The first-order valence-electron chi connectivity index (χ1n) is 7.03. The maximum absolute atomic E-state index is 12.8. The van der Waals surface area contributed by atoms with Gasteiger partial charge in [-0.05, 0) is 43.3 Å². The minimum Gasteiger partial charge on any atom is -0.497 e. The van der Waals surface area contributed by atoms with Gasteiger partial charge in [-0.1, -0.05) is 12.1 Å². The summed E-state index contributed by atoms with van der Waals surface area (Å²) in [5, 5.41) is 0.572. The highest BCUT2D eigenvalue weighted by Gasteiger charge is 2.15. The summed E-state index contributed by atoms with van der Waals surface area (Å²) in [6.45, 7) is 1.82. The van der Waals surface area contributed by atoms with Gasteiger partial charge in [0.25, 0.3) is 5.56 Å². The van der Waals surface area contributed by atoms with E-state index in [0.29, 0.717) is 16.7 Å². The number of para-hydroxylation sites is 1. The number of ether oxygens (including phenoxy) is 1. The molecule has 2 N–H and O–H groups in total. The van der Waals surface area contributed by atoms with Crippen LogP contribution in [0.3, 0.4) is 0 Å². The first-order valence-corrected chi connectivity index (χ1v) is 7.03. The van der Waals surface area contributed by atoms with Crippen molar-refractivity contribution >= 4 is 10.9 Å². The third kappa shape index (κ3) is 2.35. The molecule has 1 aromatic heterocycles. The van der Waals surface area contributed by atoms with E-state index in [-0.39, 0.29) is 11.6 Å². The molecule has 22 heavy (non-hydrogen) atoms. The molecule has 0 saturated heterocycles. The van der Waals surface area contributed by atoms with Crippen LogP contribution in [-0.2, 0) is 0 Å². The van der Waals surface area contributed by atoms with Crippen molar-refractivity contribution < 1.29 is 4.74 Å². The largest absolute Gasteiger partial charge is 0.497 e. The second-order valence-electron chi connectivity index (χ2n) is 5.11. The number of fused-ring (bicyclic) bond motifs is 1. The Hall–Kier alpha value is -2.66. The highest BCUT2D eigenvalue weighted by Crippen LogP contribution is 2.19. The Balaban J connectivity index is 2.32. The van der Waals surface area contributed by atoms with E-state index in [9.17, 15) is 4.79 Å². The average molecular weight is 295 g/mol. The van der Waals surface area contributed by atoms with Crippen molar-refractivity contribution in [2.45, 2.75) is 13.0 Å². The monoisotopic (exact) mass is 295 g/mol. The number of rotatable bonds is 3. The molecule has 0 aliphatic heterocycles. The van der Waals surface area contributed by atoms with Crippen LogP contribution < -0.4 is 16.0 Å². The maximum atomic E-state index is 12.8. The minimum absolute atomic E-state index is 0.122. The topological polar surface area (TPSA) is 70.1 Å². The summed E-state index contributed by atoms with van der Waals surface area (Å²) in [5.41, 5.74) is 7.27. The van der Waals surface area contributed by atoms with Crippen LogP contribution in [0.2, 0.25) is 0 Å². The van der Waals surface area contributed by atoms with E-state index in [1.807, 2.05) is 49.4 Å². The van der Waals surface area contributed by atoms with Gasteiger partial charge >= 0.3 is 0 Å². The summed E-state index contributed by atoms with van der Waals surface area (Å²) in [4.78, 5) is 17.4. The summed E-state index contributed by atoms with van der Waals surface area (Å²) >= 11 is 0. The van der Waals surface area contributed by atoms with E-state index >= 15 is 0 Å². The van der Waals surface area contributed by atoms with Gasteiger partial charge in [0.2, 0.25) is 0 Å². The number of benzene rings is 2. The Morgan fingerprint density at radius 1 is 1.14 bits per heavy atom. The number of aromatic nitrogens is 2. The molecule has 0 spiro atoms. The maximum Gasteiger partial charge on any atom is 0.266 e. The third-order valence-electron chi connectivity index (χ3n) is 3.54. The molecule has 112 valence electrons. The summed E-state index contributed by atoms with van der Waals surface area (Å²) in [5.74, 6) is 1.27. The van der Waals surface area contributed by atoms with Crippen molar-refractivity contribution in [1.82, 2.24) is 9.55 Å². The highest BCUT2D eigenvalue weighted by molar-refractivity contribution is 5.77. The second kappa shape index (κ2) is 5.61. The molecular formula is C17H17N3O2. The molecule has 0 aliphatic rings. The van der Waals surface area contributed by atoms with Crippen molar-refractivity contribution in [3.63, 3.8) is 0 Å². The van der Waals surface area contributed by atoms with Gasteiger partial charge in [0.15, 0.2) is 0 Å². The standard InChI is InChI=1S/C17H17N3O2/c1-11(18)16-19-15-6-4-3-5-14(15)17(21)20(16)12-7-9-13(22-2)10-8-12/h3-11H,18H2,1-2H3. The molecular weight excluding hydrogens is 278 g/mol. The van der Waals surface area contributed by atoms with Crippen LogP contribution in [0.25, 0.3) is 16.6 Å². The fraction of sp³-hybridized carbons (Fsp3) is 0.176. The zero-order chi connectivity index (χ0) is 15.7. The molecule has 0 saturated carbocycles. The lowest BCUT2D eigenvalue weighted by molar-refractivity contribution is 0.414. The summed E-state index contributed by atoms with van der Waals surface area (Å²) in [6, 6.07) is 14.2. The molecule has 1 heterocycles. The number of nitrogens with zero attached hydrogens (tertiary/aromatic N) is 2. The van der Waals surface area contributed by atoms with Gasteiger partial charge in [-0.2, -0.15) is 0 Å². The highest BCUT2D eigenvalue weighted by atomic mass is 16.5. The molecule has 0 radical (unpaired) electrons. The summed E-state index contributed by atoms with van der Waals surface area (Å²) < 4.78 is 6.72. The molecule has 0 amide bonds. The Kier molecular flexibility index (Phi) is 3.65. The van der Waals surface area contributed by atoms with Gasteiger partial charge in [0.05, 0.1) is 29.7 Å². The number of nitrogens with two attached hydrogens (primary N) is 1. The lowest BCUT2D eigenvalue weighted by Crippen LogP contribution is -2.27. The fourth-order valence-corrected chi connectivity index (χ4v) is 2.44. The van der Waals surface area contributed by atoms with Crippen molar-refractivity contribution in [3.05, 3.63) is 64.7 Å². The molecule has 0 aliphatic carbocycles. The molecule has 5 heteroatoms. The fourth-order valence-electron chi connectivity index (χ4n) is 2.44. The van der Waals surface area contributed by atoms with E-state index < -0.39 is 0 Å². The van der Waals surface area contributed by atoms with E-state index in [1.54, 1.807) is 17.7 Å². The lowest BCUT2D eigenvalue weighted by Gasteiger charge is -2.16. The quantitative estimate of drug-likeness (QED) is 0.805. The molecule has 2 aromatic carbocycles. The van der Waals surface area contributed by atoms with Crippen LogP contribution >= 0.6 is 0 Å². The van der Waals surface area contributed by atoms with Gasteiger partial charge in [-0.25, -0.2) is 4.98 Å². The Labute approximate surface area is 128 Å². The normalized spacial score (nSPS) is 12.3. The van der Waals surface area contributed by atoms with Gasteiger partial charge < -0.3 is 10.5 Å². The van der Waals surface area contributed by atoms with Gasteiger partial charge in [-0.3, -0.25) is 9.36 Å². The number of hydrogen-bond donors (Lipinski definition) is 1. The van der Waals surface area contributed by atoms with Gasteiger partial charge in [-0.15, -0.1) is 0 Å². The van der Waals surface area contributed by atoms with Crippen LogP contribution in [0.4, 0.5) is 0 Å². The minimum atomic E-state index is -0.362. The molecule has 1 atom stereocenters. The van der Waals surface area contributed by atoms with Crippen LogP contribution in [0.5, 0.6) is 5.75 Å². The van der Waals surface area contributed by atoms with Crippen molar-refractivity contribution in [2.24, 2.45) is 5.73 Å². The summed E-state index contributed by atoms with van der Waals surface area (Å²) in [6.07, 6.45) is 0. The Bertz CT molecular complexity index is 867. The zero-order valence-electron chi connectivity index (χ0n) is 12.5. The van der Waals surface area contributed by atoms with E-state index in [4.69, 9.17) is 10.5 Å². The Morgan fingerprint density at radius 3 is 2.45 bits per heavy atom. The molecule has 3 aromatic rings. The molecule has 3 rings (SSSR count). The van der Waals surface area contributed by atoms with Crippen LogP contribution in [0.1, 0.15) is 18.8 Å².